The molecule has 13 heteroatoms. The van der Waals surface area contributed by atoms with Crippen LogP contribution in [-0.2, 0) is 9.59 Å². The quantitative estimate of drug-likeness (QED) is 0.120. The summed E-state index contributed by atoms with van der Waals surface area (Å²) < 4.78 is 0. The maximum Gasteiger partial charge on any atom is 0.332 e. The van der Waals surface area contributed by atoms with Gasteiger partial charge >= 0.3 is 5.97 Å². The van der Waals surface area contributed by atoms with E-state index in [1.807, 2.05) is 18.7 Å². The maximum atomic E-state index is 12.9. The van der Waals surface area contributed by atoms with Gasteiger partial charge in [0.15, 0.2) is 11.6 Å². The molecule has 0 atom stereocenters. The Bertz CT molecular complexity index is 1650. The number of amidine groups is 2. The zero-order valence-corrected chi connectivity index (χ0v) is 30.1. The van der Waals surface area contributed by atoms with Gasteiger partial charge in [0.2, 0.25) is 5.91 Å². The third-order valence-corrected chi connectivity index (χ3v) is 7.60. The molecule has 0 spiro atoms. The lowest BCUT2D eigenvalue weighted by molar-refractivity contribution is -0.132. The average Bonchev–Trinajstić information content (AvgIpc) is 3.40. The van der Waals surface area contributed by atoms with Crippen molar-refractivity contribution in [2.45, 2.75) is 66.2 Å². The first kappa shape index (κ1) is 42.2. The second-order valence-corrected chi connectivity index (χ2v) is 12.0. The summed E-state index contributed by atoms with van der Waals surface area (Å²) >= 11 is 0. The molecule has 2 heterocycles. The molecule has 0 saturated carbocycles. The molecule has 0 unspecified atom stereocenters. The van der Waals surface area contributed by atoms with Crippen LogP contribution >= 0.6 is 0 Å². The molecule has 0 saturated heterocycles. The first-order valence-electron chi connectivity index (χ1n) is 17.3. The van der Waals surface area contributed by atoms with Gasteiger partial charge in [-0.25, -0.2) is 14.8 Å². The van der Waals surface area contributed by atoms with Crippen LogP contribution in [0, 0.1) is 0 Å². The predicted molar refractivity (Wildman–Crippen MR) is 202 cm³/mol. The summed E-state index contributed by atoms with van der Waals surface area (Å²) in [6, 6.07) is 9.55. The highest BCUT2D eigenvalue weighted by Crippen LogP contribution is 2.29. The van der Waals surface area contributed by atoms with E-state index in [1.165, 1.54) is 44.1 Å². The summed E-state index contributed by atoms with van der Waals surface area (Å²) in [6.07, 6.45) is 7.90. The van der Waals surface area contributed by atoms with Gasteiger partial charge in [-0.15, -0.1) is 0 Å². The van der Waals surface area contributed by atoms with E-state index in [1.54, 1.807) is 30.3 Å². The van der Waals surface area contributed by atoms with Gasteiger partial charge < -0.3 is 37.0 Å². The van der Waals surface area contributed by atoms with Crippen molar-refractivity contribution in [1.29, 1.82) is 0 Å². The van der Waals surface area contributed by atoms with Crippen LogP contribution in [0.15, 0.2) is 57.5 Å². The highest BCUT2D eigenvalue weighted by atomic mass is 16.4. The largest absolute Gasteiger partial charge is 0.478 e. The molecule has 4 rings (SSSR count). The third kappa shape index (κ3) is 13.3. The number of aliphatic hydroxyl groups is 2. The Morgan fingerprint density at radius 1 is 0.706 bits per heavy atom. The highest BCUT2D eigenvalue weighted by Gasteiger charge is 2.21. The van der Waals surface area contributed by atoms with E-state index < -0.39 is 25.0 Å². The minimum atomic E-state index is -1.05. The van der Waals surface area contributed by atoms with E-state index in [9.17, 15) is 19.2 Å². The molecular weight excluding hydrogens is 652 g/mol. The van der Waals surface area contributed by atoms with Crippen molar-refractivity contribution in [2.75, 3.05) is 39.4 Å². The zero-order valence-electron chi connectivity index (χ0n) is 30.1. The Labute approximate surface area is 299 Å². The Kier molecular flexibility index (Phi) is 18.2. The standard InChI is InChI=1S/C19H25N3O3.C13H12N2O4.C6H15N/c1-3-7-22(8-4-2)19(25)15-9-13-5-6-14(17(24)12-23)10-16(13)21-18(20)11-15;14-12-5-9(13(18)19)3-7-1-2-8(11(17)6-16)4-10(7)15-12;1-3-5-7-6-4-2/h5-6,9-10,23H,3-4,7-8,11-12H2,1-2H3,(H2,20,21);1-4,16H,5-6H2,(H2,14,15)(H,18,19);7H,3-6H2,1-2H3. The van der Waals surface area contributed by atoms with Crippen LogP contribution in [0.5, 0.6) is 0 Å². The van der Waals surface area contributed by atoms with Crippen molar-refractivity contribution in [1.82, 2.24) is 10.2 Å². The molecule has 2 aromatic carbocycles. The molecule has 2 aliphatic rings. The molecule has 0 fully saturated rings. The average molecular weight is 705 g/mol. The lowest BCUT2D eigenvalue weighted by atomic mass is 10.0. The number of nitrogens with two attached hydrogens (primary N) is 2. The number of aliphatic imine (C=N–C) groups is 2. The number of hydrogen-bond acceptors (Lipinski definition) is 11. The Hall–Kier alpha value is -4.98. The Morgan fingerprint density at radius 2 is 1.14 bits per heavy atom. The lowest BCUT2D eigenvalue weighted by Gasteiger charge is -2.22. The van der Waals surface area contributed by atoms with Gasteiger partial charge in [-0.1, -0.05) is 52.0 Å². The fourth-order valence-electron chi connectivity index (χ4n) is 5.12. The first-order chi connectivity index (χ1) is 24.4. The second kappa shape index (κ2) is 22.0. The smallest absolute Gasteiger partial charge is 0.332 e. The predicted octanol–water partition coefficient (Wildman–Crippen LogP) is 4.40. The van der Waals surface area contributed by atoms with Gasteiger partial charge in [0.1, 0.15) is 24.9 Å². The van der Waals surface area contributed by atoms with E-state index >= 15 is 0 Å². The monoisotopic (exact) mass is 704 g/mol. The minimum Gasteiger partial charge on any atom is -0.478 e. The molecule has 0 aromatic heterocycles. The van der Waals surface area contributed by atoms with Gasteiger partial charge in [-0.3, -0.25) is 14.4 Å². The van der Waals surface area contributed by atoms with Crippen LogP contribution in [0.3, 0.4) is 0 Å². The molecular formula is C38H52N6O7. The van der Waals surface area contributed by atoms with Gasteiger partial charge in [-0.2, -0.15) is 0 Å². The lowest BCUT2D eigenvalue weighted by Crippen LogP contribution is -2.34. The fraction of sp³-hybridized carbons (Fsp3) is 0.421. The molecule has 8 N–H and O–H groups in total. The summed E-state index contributed by atoms with van der Waals surface area (Å²) in [4.78, 5) is 57.2. The van der Waals surface area contributed by atoms with Crippen LogP contribution in [0.25, 0.3) is 12.2 Å². The van der Waals surface area contributed by atoms with Gasteiger partial charge in [0, 0.05) is 59.3 Å². The summed E-state index contributed by atoms with van der Waals surface area (Å²) in [5.41, 5.74) is 15.3. The number of nitrogens with zero attached hydrogens (tertiary/aromatic N) is 3. The molecule has 2 aliphatic heterocycles. The van der Waals surface area contributed by atoms with Crippen LogP contribution < -0.4 is 16.8 Å². The number of hydrogen-bond donors (Lipinski definition) is 6. The molecule has 2 aromatic rings. The number of benzene rings is 2. The molecule has 51 heavy (non-hydrogen) atoms. The molecule has 0 bridgehead atoms. The number of carbonyl (C=O) groups is 4. The molecule has 0 radical (unpaired) electrons. The van der Waals surface area contributed by atoms with Gasteiger partial charge in [0.25, 0.3) is 0 Å². The second-order valence-electron chi connectivity index (χ2n) is 12.0. The zero-order chi connectivity index (χ0) is 37.9. The van der Waals surface area contributed by atoms with Crippen molar-refractivity contribution in [2.24, 2.45) is 21.5 Å². The number of carbonyl (C=O) groups excluding carboxylic acids is 3. The first-order valence-corrected chi connectivity index (χ1v) is 17.3. The number of amides is 1. The summed E-state index contributed by atoms with van der Waals surface area (Å²) in [5.74, 6) is -1.38. The van der Waals surface area contributed by atoms with E-state index in [0.29, 0.717) is 52.6 Å². The van der Waals surface area contributed by atoms with Crippen LogP contribution in [0.1, 0.15) is 98.1 Å². The molecule has 1 amide bonds. The van der Waals surface area contributed by atoms with Crippen molar-refractivity contribution >= 4 is 58.6 Å². The fourth-order valence-corrected chi connectivity index (χ4v) is 5.12. The Balaban J connectivity index is 0.000000305. The van der Waals surface area contributed by atoms with E-state index in [0.717, 1.165) is 18.4 Å². The normalized spacial score (nSPS) is 13.1. The third-order valence-electron chi connectivity index (χ3n) is 7.60. The Morgan fingerprint density at radius 3 is 1.53 bits per heavy atom. The van der Waals surface area contributed by atoms with E-state index in [-0.39, 0.29) is 35.9 Å². The number of aliphatic hydroxyl groups excluding tert-OH is 2. The van der Waals surface area contributed by atoms with Crippen molar-refractivity contribution in [3.63, 3.8) is 0 Å². The number of aliphatic carboxylic acids is 1. The number of carboxylic acid groups (broad SMARTS) is 1. The topological polar surface area (TPSA) is 221 Å². The van der Waals surface area contributed by atoms with Crippen LogP contribution in [0.4, 0.5) is 11.4 Å². The van der Waals surface area contributed by atoms with Gasteiger partial charge in [-0.05, 0) is 63.1 Å². The van der Waals surface area contributed by atoms with Crippen molar-refractivity contribution in [3.05, 3.63) is 69.8 Å². The molecule has 0 aliphatic carbocycles. The number of ketones is 2. The van der Waals surface area contributed by atoms with Crippen LogP contribution in [0.2, 0.25) is 0 Å². The van der Waals surface area contributed by atoms with Gasteiger partial charge in [0.05, 0.1) is 11.4 Å². The van der Waals surface area contributed by atoms with Crippen molar-refractivity contribution in [3.8, 4) is 0 Å². The molecule has 276 valence electrons. The van der Waals surface area contributed by atoms with Crippen LogP contribution in [-0.4, -0.2) is 94.7 Å². The van der Waals surface area contributed by atoms with Crippen molar-refractivity contribution < 1.29 is 34.5 Å². The number of carboxylic acids is 1. The maximum absolute atomic E-state index is 12.9. The number of nitrogens with one attached hydrogen (secondary N) is 1. The summed E-state index contributed by atoms with van der Waals surface area (Å²) in [7, 11) is 0. The van der Waals surface area contributed by atoms with E-state index in [4.69, 9.17) is 26.8 Å². The molecule has 13 nitrogen and oxygen atoms in total. The number of rotatable bonds is 14. The number of fused-ring (bicyclic) bond motifs is 2. The highest BCUT2D eigenvalue weighted by molar-refractivity contribution is 6.06. The number of Topliss-reactive ketones (excluding diaryl/α,β-unsaturated/α-hetero) is 2. The minimum absolute atomic E-state index is 0.0230. The summed E-state index contributed by atoms with van der Waals surface area (Å²) in [5, 5.41) is 30.1. The SMILES string of the molecule is CCCN(CCC)C(=O)C1=Cc2ccc(C(=O)CO)cc2N=C(N)C1.CCCNCCC.NC1=Nc2cc(C(=O)CO)ccc2C=C(C(=O)O)C1. The summed E-state index contributed by atoms with van der Waals surface area (Å²) in [6.45, 7) is 11.1. The van der Waals surface area contributed by atoms with E-state index in [2.05, 4.69) is 29.1 Å².